The maximum atomic E-state index is 13.8. The van der Waals surface area contributed by atoms with Gasteiger partial charge in [0.05, 0.1) is 7.11 Å². The van der Waals surface area contributed by atoms with Crippen LogP contribution in [0.2, 0.25) is 0 Å². The quantitative estimate of drug-likeness (QED) is 0.890. The lowest BCUT2D eigenvalue weighted by atomic mass is 10.0. The van der Waals surface area contributed by atoms with Crippen LogP contribution in [-0.4, -0.2) is 31.1 Å². The van der Waals surface area contributed by atoms with Crippen molar-refractivity contribution < 1.29 is 9.13 Å². The molecule has 19 heavy (non-hydrogen) atoms. The second kappa shape index (κ2) is 6.35. The summed E-state index contributed by atoms with van der Waals surface area (Å²) >= 11 is 0. The van der Waals surface area contributed by atoms with Gasteiger partial charge in [-0.25, -0.2) is 4.39 Å². The molecule has 2 N–H and O–H groups in total. The summed E-state index contributed by atoms with van der Waals surface area (Å²) in [5, 5.41) is 0. The SMILES string of the molecule is CCC1CCCN1C(CN)c1ccc(OC)c(F)c1. The second-order valence-corrected chi connectivity index (χ2v) is 5.09. The van der Waals surface area contributed by atoms with Crippen LogP contribution in [0.1, 0.15) is 37.8 Å². The molecule has 106 valence electrons. The van der Waals surface area contributed by atoms with Crippen LogP contribution in [0.25, 0.3) is 0 Å². The number of nitrogens with two attached hydrogens (primary N) is 1. The highest BCUT2D eigenvalue weighted by atomic mass is 19.1. The molecule has 0 saturated carbocycles. The van der Waals surface area contributed by atoms with Crippen molar-refractivity contribution in [3.05, 3.63) is 29.6 Å². The summed E-state index contributed by atoms with van der Waals surface area (Å²) in [6.07, 6.45) is 3.54. The molecule has 1 aliphatic rings. The summed E-state index contributed by atoms with van der Waals surface area (Å²) in [5.41, 5.74) is 6.87. The van der Waals surface area contributed by atoms with E-state index in [9.17, 15) is 4.39 Å². The average Bonchev–Trinajstić information content (AvgIpc) is 2.88. The van der Waals surface area contributed by atoms with E-state index >= 15 is 0 Å². The standard InChI is InChI=1S/C15H23FN2O/c1-3-12-5-4-8-18(12)14(10-17)11-6-7-15(19-2)13(16)9-11/h6-7,9,12,14H,3-5,8,10,17H2,1-2H3. The van der Waals surface area contributed by atoms with E-state index in [4.69, 9.17) is 10.5 Å². The zero-order valence-corrected chi connectivity index (χ0v) is 11.7. The minimum absolute atomic E-state index is 0.104. The van der Waals surface area contributed by atoms with Crippen molar-refractivity contribution in [2.45, 2.75) is 38.3 Å². The first-order valence-corrected chi connectivity index (χ1v) is 7.00. The number of likely N-dealkylation sites (tertiary alicyclic amines) is 1. The fraction of sp³-hybridized carbons (Fsp3) is 0.600. The summed E-state index contributed by atoms with van der Waals surface area (Å²) in [5.74, 6) is -0.0290. The first-order valence-electron chi connectivity index (χ1n) is 7.00. The maximum Gasteiger partial charge on any atom is 0.165 e. The third-order valence-electron chi connectivity index (χ3n) is 4.08. The molecule has 1 fully saturated rings. The summed E-state index contributed by atoms with van der Waals surface area (Å²) < 4.78 is 18.8. The molecule has 0 spiro atoms. The number of nitrogens with zero attached hydrogens (tertiary/aromatic N) is 1. The largest absolute Gasteiger partial charge is 0.494 e. The van der Waals surface area contributed by atoms with Gasteiger partial charge >= 0.3 is 0 Å². The van der Waals surface area contributed by atoms with Gasteiger partial charge in [0.15, 0.2) is 11.6 Å². The van der Waals surface area contributed by atoms with Crippen molar-refractivity contribution in [3.63, 3.8) is 0 Å². The molecule has 0 aliphatic carbocycles. The van der Waals surface area contributed by atoms with Crippen LogP contribution in [-0.2, 0) is 0 Å². The van der Waals surface area contributed by atoms with E-state index < -0.39 is 0 Å². The molecule has 2 rings (SSSR count). The van der Waals surface area contributed by atoms with Crippen LogP contribution in [0.15, 0.2) is 18.2 Å². The number of rotatable bonds is 5. The van der Waals surface area contributed by atoms with E-state index in [2.05, 4.69) is 11.8 Å². The Bertz CT molecular complexity index is 425. The molecule has 0 radical (unpaired) electrons. The molecule has 1 aliphatic heterocycles. The van der Waals surface area contributed by atoms with E-state index in [1.807, 2.05) is 6.07 Å². The minimum atomic E-state index is -0.314. The first kappa shape index (κ1) is 14.3. The maximum absolute atomic E-state index is 13.8. The van der Waals surface area contributed by atoms with Gasteiger partial charge in [-0.1, -0.05) is 13.0 Å². The van der Waals surface area contributed by atoms with Gasteiger partial charge in [-0.05, 0) is 43.5 Å². The van der Waals surface area contributed by atoms with Crippen LogP contribution in [0.5, 0.6) is 5.75 Å². The molecule has 0 amide bonds. The Labute approximate surface area is 114 Å². The van der Waals surface area contributed by atoms with Gasteiger partial charge in [-0.2, -0.15) is 0 Å². The van der Waals surface area contributed by atoms with Crippen LogP contribution in [0.3, 0.4) is 0 Å². The highest BCUT2D eigenvalue weighted by Crippen LogP contribution is 2.31. The number of hydrogen-bond donors (Lipinski definition) is 1. The predicted molar refractivity (Wildman–Crippen MR) is 74.8 cm³/mol. The van der Waals surface area contributed by atoms with E-state index in [0.29, 0.717) is 12.6 Å². The Morgan fingerprint density at radius 3 is 2.89 bits per heavy atom. The Morgan fingerprint density at radius 1 is 1.53 bits per heavy atom. The molecule has 2 atom stereocenters. The third-order valence-corrected chi connectivity index (χ3v) is 4.08. The van der Waals surface area contributed by atoms with E-state index in [0.717, 1.165) is 18.5 Å². The number of methoxy groups -OCH3 is 1. The van der Waals surface area contributed by atoms with E-state index in [-0.39, 0.29) is 17.6 Å². The second-order valence-electron chi connectivity index (χ2n) is 5.09. The lowest BCUT2D eigenvalue weighted by molar-refractivity contribution is 0.180. The molecule has 0 aromatic heterocycles. The number of benzene rings is 1. The monoisotopic (exact) mass is 266 g/mol. The average molecular weight is 266 g/mol. The summed E-state index contributed by atoms with van der Waals surface area (Å²) in [6.45, 7) is 3.77. The Balaban J connectivity index is 2.24. The molecule has 1 heterocycles. The van der Waals surface area contributed by atoms with Crippen molar-refractivity contribution in [2.24, 2.45) is 5.73 Å². The molecule has 4 heteroatoms. The minimum Gasteiger partial charge on any atom is -0.494 e. The highest BCUT2D eigenvalue weighted by Gasteiger charge is 2.30. The smallest absolute Gasteiger partial charge is 0.165 e. The molecule has 1 aromatic carbocycles. The van der Waals surface area contributed by atoms with Gasteiger partial charge < -0.3 is 10.5 Å². The van der Waals surface area contributed by atoms with Crippen molar-refractivity contribution in [1.29, 1.82) is 0 Å². The molecule has 1 saturated heterocycles. The van der Waals surface area contributed by atoms with E-state index in [1.54, 1.807) is 12.1 Å². The number of halogens is 1. The third kappa shape index (κ3) is 2.90. The van der Waals surface area contributed by atoms with Gasteiger partial charge in [0, 0.05) is 18.6 Å². The highest BCUT2D eigenvalue weighted by molar-refractivity contribution is 5.31. The molecular formula is C15H23FN2O. The summed E-state index contributed by atoms with van der Waals surface area (Å²) in [7, 11) is 1.48. The van der Waals surface area contributed by atoms with Crippen LogP contribution in [0.4, 0.5) is 4.39 Å². The van der Waals surface area contributed by atoms with E-state index in [1.165, 1.54) is 20.0 Å². The fourth-order valence-electron chi connectivity index (χ4n) is 3.06. The van der Waals surface area contributed by atoms with Gasteiger partial charge in [-0.15, -0.1) is 0 Å². The van der Waals surface area contributed by atoms with Crippen molar-refractivity contribution in [3.8, 4) is 5.75 Å². The van der Waals surface area contributed by atoms with Gasteiger partial charge in [0.1, 0.15) is 0 Å². The Morgan fingerprint density at radius 2 is 2.32 bits per heavy atom. The summed E-state index contributed by atoms with van der Waals surface area (Å²) in [6, 6.07) is 5.84. The van der Waals surface area contributed by atoms with Gasteiger partial charge in [0.25, 0.3) is 0 Å². The van der Waals surface area contributed by atoms with Crippen molar-refractivity contribution >= 4 is 0 Å². The predicted octanol–water partition coefficient (Wildman–Crippen LogP) is 2.71. The van der Waals surface area contributed by atoms with Crippen molar-refractivity contribution in [2.75, 3.05) is 20.2 Å². The zero-order chi connectivity index (χ0) is 13.8. The van der Waals surface area contributed by atoms with Crippen LogP contribution < -0.4 is 10.5 Å². The molecule has 0 bridgehead atoms. The summed E-state index contributed by atoms with van der Waals surface area (Å²) in [4.78, 5) is 2.42. The zero-order valence-electron chi connectivity index (χ0n) is 11.7. The topological polar surface area (TPSA) is 38.5 Å². The fourth-order valence-corrected chi connectivity index (χ4v) is 3.06. The van der Waals surface area contributed by atoms with Crippen LogP contribution in [0, 0.1) is 5.82 Å². The van der Waals surface area contributed by atoms with Gasteiger partial charge in [-0.3, -0.25) is 4.90 Å². The molecule has 2 unspecified atom stereocenters. The van der Waals surface area contributed by atoms with Crippen molar-refractivity contribution in [1.82, 2.24) is 4.90 Å². The van der Waals surface area contributed by atoms with Crippen LogP contribution >= 0.6 is 0 Å². The normalized spacial score (nSPS) is 21.6. The first-order chi connectivity index (χ1) is 9.21. The lowest BCUT2D eigenvalue weighted by Crippen LogP contribution is -2.37. The number of ether oxygens (including phenoxy) is 1. The lowest BCUT2D eigenvalue weighted by Gasteiger charge is -2.32. The van der Waals surface area contributed by atoms with Gasteiger partial charge in [0.2, 0.25) is 0 Å². The molecule has 1 aromatic rings. The Hall–Kier alpha value is -1.13. The number of hydrogen-bond acceptors (Lipinski definition) is 3. The molecular weight excluding hydrogens is 243 g/mol. The Kier molecular flexibility index (Phi) is 4.77. The molecule has 3 nitrogen and oxygen atoms in total.